The Kier molecular flexibility index (Phi) is 14.8. The van der Waals surface area contributed by atoms with Gasteiger partial charge in [-0.1, -0.05) is 12.1 Å². The third-order valence-corrected chi connectivity index (χ3v) is 7.77. The maximum Gasteiger partial charge on any atom is 0.274 e. The van der Waals surface area contributed by atoms with Crippen LogP contribution < -0.4 is 30.7 Å². The first-order valence-corrected chi connectivity index (χ1v) is 16.9. The van der Waals surface area contributed by atoms with Crippen molar-refractivity contribution in [2.24, 2.45) is 0 Å². The summed E-state index contributed by atoms with van der Waals surface area (Å²) in [7, 11) is 0. The summed E-state index contributed by atoms with van der Waals surface area (Å²) in [5.74, 6) is -2.57. The summed E-state index contributed by atoms with van der Waals surface area (Å²) in [4.78, 5) is 67.5. The van der Waals surface area contributed by atoms with Crippen molar-refractivity contribution in [1.29, 1.82) is 0 Å². The third-order valence-electron chi connectivity index (χ3n) is 7.77. The van der Waals surface area contributed by atoms with E-state index in [0.29, 0.717) is 22.6 Å². The number of hydrogen-bond donors (Lipinski definition) is 6. The van der Waals surface area contributed by atoms with E-state index in [1.54, 1.807) is 38.1 Å². The molecule has 4 aromatic carbocycles. The van der Waals surface area contributed by atoms with Gasteiger partial charge in [0.2, 0.25) is 11.8 Å². The molecule has 4 rings (SSSR count). The number of ether oxygens (including phenoxy) is 2. The Morgan fingerprint density at radius 1 is 0.632 bits per heavy atom. The lowest BCUT2D eigenvalue weighted by Gasteiger charge is -2.22. The van der Waals surface area contributed by atoms with Crippen molar-refractivity contribution in [3.63, 3.8) is 0 Å². The minimum atomic E-state index is -2.01. The summed E-state index contributed by atoms with van der Waals surface area (Å²) in [5, 5.41) is 52.5. The van der Waals surface area contributed by atoms with Crippen LogP contribution in [-0.4, -0.2) is 68.1 Å². The van der Waals surface area contributed by atoms with E-state index < -0.39 is 51.2 Å². The van der Waals surface area contributed by atoms with E-state index >= 15 is 0 Å². The van der Waals surface area contributed by atoms with Crippen LogP contribution in [0.4, 0.5) is 38.5 Å². The number of aliphatic hydroxyl groups is 2. The van der Waals surface area contributed by atoms with E-state index in [9.17, 15) is 54.0 Å². The van der Waals surface area contributed by atoms with Crippen molar-refractivity contribution in [2.75, 3.05) is 34.5 Å². The summed E-state index contributed by atoms with van der Waals surface area (Å²) in [6.45, 7) is 7.39. The van der Waals surface area contributed by atoms with Crippen LogP contribution in [0, 0.1) is 39.9 Å². The lowest BCUT2D eigenvalue weighted by molar-refractivity contribution is -0.385. The van der Waals surface area contributed by atoms with Gasteiger partial charge in [-0.15, -0.1) is 0 Å². The first-order valence-electron chi connectivity index (χ1n) is 16.9. The Labute approximate surface area is 325 Å². The zero-order valence-electron chi connectivity index (χ0n) is 31.7. The van der Waals surface area contributed by atoms with Crippen molar-refractivity contribution < 1.29 is 53.1 Å². The first kappa shape index (κ1) is 44.4. The maximum absolute atomic E-state index is 13.9. The first-order chi connectivity index (χ1) is 26.6. The summed E-state index contributed by atoms with van der Waals surface area (Å²) < 4.78 is 24.6. The average molecular weight is 793 g/mol. The van der Waals surface area contributed by atoms with E-state index in [2.05, 4.69) is 21.3 Å². The van der Waals surface area contributed by atoms with E-state index in [1.165, 1.54) is 76.2 Å². The molecule has 302 valence electrons. The molecule has 0 fully saturated rings. The van der Waals surface area contributed by atoms with Crippen LogP contribution in [0.15, 0.2) is 78.9 Å². The lowest BCUT2D eigenvalue weighted by atomic mass is 10.1. The number of amides is 4. The number of nitro benzene ring substituents is 2. The molecule has 4 amide bonds. The van der Waals surface area contributed by atoms with Crippen LogP contribution in [0.3, 0.4) is 0 Å². The van der Waals surface area contributed by atoms with Crippen molar-refractivity contribution in [3.8, 4) is 11.5 Å². The molecule has 18 nitrogen and oxygen atoms in total. The molecular formula is C38H41FN6O12. The molecule has 0 aliphatic carbocycles. The molecule has 2 atom stereocenters. The van der Waals surface area contributed by atoms with Crippen molar-refractivity contribution in [2.45, 2.75) is 52.7 Å². The van der Waals surface area contributed by atoms with Gasteiger partial charge in [-0.2, -0.15) is 0 Å². The number of benzene rings is 4. The Morgan fingerprint density at radius 2 is 1.04 bits per heavy atom. The molecule has 0 aliphatic rings. The van der Waals surface area contributed by atoms with Crippen molar-refractivity contribution in [1.82, 2.24) is 0 Å². The van der Waals surface area contributed by atoms with E-state index in [4.69, 9.17) is 9.47 Å². The van der Waals surface area contributed by atoms with Gasteiger partial charge >= 0.3 is 0 Å². The van der Waals surface area contributed by atoms with Gasteiger partial charge in [0.25, 0.3) is 23.2 Å². The number of carbonyl (C=O) groups is 4. The second-order valence-corrected chi connectivity index (χ2v) is 13.1. The monoisotopic (exact) mass is 792 g/mol. The van der Waals surface area contributed by atoms with Gasteiger partial charge in [-0.05, 0) is 76.2 Å². The number of nitrogens with one attached hydrogen (secondary N) is 4. The third kappa shape index (κ3) is 13.4. The van der Waals surface area contributed by atoms with E-state index in [1.807, 2.05) is 0 Å². The van der Waals surface area contributed by atoms with Gasteiger partial charge < -0.3 is 41.0 Å². The number of anilines is 4. The Morgan fingerprint density at radius 3 is 1.44 bits per heavy atom. The van der Waals surface area contributed by atoms with Crippen LogP contribution in [-0.2, 0) is 19.2 Å². The van der Waals surface area contributed by atoms with Crippen molar-refractivity contribution >= 4 is 57.8 Å². The quantitative estimate of drug-likeness (QED) is 0.0693. The number of nitro groups is 2. The smallest absolute Gasteiger partial charge is 0.274 e. The molecule has 0 saturated heterocycles. The van der Waals surface area contributed by atoms with Crippen LogP contribution in [0.1, 0.15) is 38.8 Å². The molecule has 0 aromatic heterocycles. The fourth-order valence-corrected chi connectivity index (χ4v) is 4.59. The second kappa shape index (κ2) is 19.0. The normalized spacial score (nSPS) is 12.6. The number of nitrogens with zero attached hydrogens (tertiary/aromatic N) is 2. The molecule has 4 aromatic rings. The number of hydrogen-bond acceptors (Lipinski definition) is 12. The number of halogens is 1. The molecular weight excluding hydrogens is 751 g/mol. The SMILES string of the molecule is CC(=O)Nc1ccc(OC[C@](C)(O)C(=O)Nc2ccc(C)c([N+](=O)[O-])c2)cc1.CC(=O)Nc1ccc(OC[C@](C)(O)C(=O)Nc2ccc(C)c([N+](=O)[O-])c2)cc1F. The molecule has 0 heterocycles. The van der Waals surface area contributed by atoms with Gasteiger partial charge in [0, 0.05) is 60.2 Å². The van der Waals surface area contributed by atoms with Gasteiger partial charge in [-0.3, -0.25) is 39.4 Å². The zero-order chi connectivity index (χ0) is 42.7. The van der Waals surface area contributed by atoms with Crippen LogP contribution in [0.5, 0.6) is 11.5 Å². The standard InChI is InChI=1S/C19H20FN3O6.C19H21N3O6/c1-11-4-5-13(8-17(11)23(27)28)22-18(25)19(3,26)10-29-14-6-7-16(15(20)9-14)21-12(2)24;1-12-4-5-15(10-17(12)22(26)27)21-18(24)19(3,25)11-28-16-8-6-14(7-9-16)20-13(2)23/h4-9,26H,10H2,1-3H3,(H,21,24)(H,22,25);4-10,25H,11H2,1-3H3,(H,20,23)(H,21,24)/t2*19-/m00/s1. The van der Waals surface area contributed by atoms with Crippen LogP contribution in [0.25, 0.3) is 0 Å². The molecule has 0 saturated carbocycles. The van der Waals surface area contributed by atoms with Gasteiger partial charge in [0.1, 0.15) is 30.5 Å². The number of rotatable bonds is 14. The predicted octanol–water partition coefficient (Wildman–Crippen LogP) is 5.40. The number of carbonyl (C=O) groups excluding carboxylic acids is 4. The topological polar surface area (TPSA) is 262 Å². The maximum atomic E-state index is 13.9. The van der Waals surface area contributed by atoms with Gasteiger partial charge in [0.05, 0.1) is 15.5 Å². The minimum absolute atomic E-state index is 0.0321. The molecule has 0 bridgehead atoms. The van der Waals surface area contributed by atoms with E-state index in [-0.39, 0.29) is 46.7 Å². The molecule has 0 radical (unpaired) electrons. The Bertz CT molecular complexity index is 2160. The van der Waals surface area contributed by atoms with Crippen LogP contribution >= 0.6 is 0 Å². The summed E-state index contributed by atoms with van der Waals surface area (Å²) in [6.07, 6.45) is 0. The summed E-state index contributed by atoms with van der Waals surface area (Å²) in [6, 6.07) is 18.4. The minimum Gasteiger partial charge on any atom is -0.490 e. The second-order valence-electron chi connectivity index (χ2n) is 13.1. The molecule has 0 aliphatic heterocycles. The molecule has 57 heavy (non-hydrogen) atoms. The molecule has 6 N–H and O–H groups in total. The summed E-state index contributed by atoms with van der Waals surface area (Å²) >= 11 is 0. The molecule has 19 heteroatoms. The molecule has 0 unspecified atom stereocenters. The highest BCUT2D eigenvalue weighted by atomic mass is 19.1. The molecule has 0 spiro atoms. The Hall–Kier alpha value is -6.99. The average Bonchev–Trinajstić information content (AvgIpc) is 3.12. The highest BCUT2D eigenvalue weighted by molar-refractivity contribution is 5.98. The largest absolute Gasteiger partial charge is 0.490 e. The Balaban J connectivity index is 0.000000306. The predicted molar refractivity (Wildman–Crippen MR) is 207 cm³/mol. The van der Waals surface area contributed by atoms with Gasteiger partial charge in [-0.25, -0.2) is 4.39 Å². The van der Waals surface area contributed by atoms with Crippen molar-refractivity contribution in [3.05, 3.63) is 116 Å². The highest BCUT2D eigenvalue weighted by Crippen LogP contribution is 2.26. The highest BCUT2D eigenvalue weighted by Gasteiger charge is 2.33. The van der Waals surface area contributed by atoms with Gasteiger partial charge in [0.15, 0.2) is 11.2 Å². The lowest BCUT2D eigenvalue weighted by Crippen LogP contribution is -2.45. The summed E-state index contributed by atoms with van der Waals surface area (Å²) in [5.41, 5.74) is -2.42. The van der Waals surface area contributed by atoms with E-state index in [0.717, 1.165) is 6.07 Å². The number of aryl methyl sites for hydroxylation is 2. The van der Waals surface area contributed by atoms with Crippen LogP contribution in [0.2, 0.25) is 0 Å². The zero-order valence-corrected chi connectivity index (χ0v) is 31.7. The fourth-order valence-electron chi connectivity index (χ4n) is 4.59. The fraction of sp³-hybridized carbons (Fsp3) is 0.263.